The lowest BCUT2D eigenvalue weighted by atomic mass is 10.1. The van der Waals surface area contributed by atoms with Crippen molar-refractivity contribution in [2.45, 2.75) is 51.4 Å². The molecule has 0 bridgehead atoms. The lowest BCUT2D eigenvalue weighted by Crippen LogP contribution is -2.37. The van der Waals surface area contributed by atoms with Gasteiger partial charge in [0.25, 0.3) is 5.91 Å². The van der Waals surface area contributed by atoms with Gasteiger partial charge in [-0.05, 0) is 37.3 Å². The van der Waals surface area contributed by atoms with E-state index in [-0.39, 0.29) is 12.0 Å². The highest BCUT2D eigenvalue weighted by molar-refractivity contribution is 5.92. The van der Waals surface area contributed by atoms with E-state index in [1.54, 1.807) is 4.90 Å². The van der Waals surface area contributed by atoms with Crippen LogP contribution >= 0.6 is 0 Å². The van der Waals surface area contributed by atoms with Crippen molar-refractivity contribution in [1.29, 1.82) is 0 Å². The van der Waals surface area contributed by atoms with Crippen LogP contribution in [0.2, 0.25) is 0 Å². The smallest absolute Gasteiger partial charge is 0.274 e. The third-order valence-electron chi connectivity index (χ3n) is 5.66. The first-order valence-corrected chi connectivity index (χ1v) is 10.4. The Labute approximate surface area is 167 Å². The van der Waals surface area contributed by atoms with Crippen LogP contribution in [-0.2, 0) is 24.4 Å². The van der Waals surface area contributed by atoms with Gasteiger partial charge >= 0.3 is 0 Å². The van der Waals surface area contributed by atoms with Crippen LogP contribution < -0.4 is 0 Å². The van der Waals surface area contributed by atoms with Crippen molar-refractivity contribution in [2.24, 2.45) is 0 Å². The number of amides is 1. The predicted octanol–water partition coefficient (Wildman–Crippen LogP) is 2.93. The molecule has 4 rings (SSSR count). The number of hydrogen-bond donors (Lipinski definition) is 0. The van der Waals surface area contributed by atoms with Crippen LogP contribution in [0.15, 0.2) is 36.4 Å². The summed E-state index contributed by atoms with van der Waals surface area (Å²) in [4.78, 5) is 17.1. The van der Waals surface area contributed by atoms with E-state index < -0.39 is 0 Å². The van der Waals surface area contributed by atoms with Crippen LogP contribution in [0.4, 0.5) is 0 Å². The summed E-state index contributed by atoms with van der Waals surface area (Å²) < 4.78 is 7.79. The normalized spacial score (nSPS) is 20.4. The van der Waals surface area contributed by atoms with Gasteiger partial charge in [-0.15, -0.1) is 0 Å². The Morgan fingerprint density at radius 2 is 2.07 bits per heavy atom. The number of nitrogens with zero attached hydrogens (tertiary/aromatic N) is 4. The van der Waals surface area contributed by atoms with E-state index in [0.29, 0.717) is 12.2 Å². The summed E-state index contributed by atoms with van der Waals surface area (Å²) in [5.41, 5.74) is 2.99. The third-order valence-corrected chi connectivity index (χ3v) is 5.66. The summed E-state index contributed by atoms with van der Waals surface area (Å²) in [5.74, 6) is -0.00986. The minimum atomic E-state index is -0.00986. The predicted molar refractivity (Wildman–Crippen MR) is 108 cm³/mol. The second kappa shape index (κ2) is 8.88. The molecule has 28 heavy (non-hydrogen) atoms. The molecule has 1 aromatic carbocycles. The summed E-state index contributed by atoms with van der Waals surface area (Å²) in [5, 5.41) is 4.62. The van der Waals surface area contributed by atoms with E-state index in [1.807, 2.05) is 23.9 Å². The Balaban J connectivity index is 1.41. The van der Waals surface area contributed by atoms with E-state index >= 15 is 0 Å². The zero-order chi connectivity index (χ0) is 19.3. The minimum Gasteiger partial charge on any atom is -0.376 e. The molecule has 0 saturated carbocycles. The zero-order valence-corrected chi connectivity index (χ0v) is 16.7. The Morgan fingerprint density at radius 3 is 2.86 bits per heavy atom. The Hall–Kier alpha value is -2.18. The molecular formula is C22H30N4O2. The number of fused-ring (bicyclic) bond motifs is 1. The summed E-state index contributed by atoms with van der Waals surface area (Å²) >= 11 is 0. The largest absolute Gasteiger partial charge is 0.376 e. The second-order valence-electron chi connectivity index (χ2n) is 7.97. The highest BCUT2D eigenvalue weighted by Crippen LogP contribution is 2.18. The maximum absolute atomic E-state index is 12.9. The van der Waals surface area contributed by atoms with Gasteiger partial charge in [-0.1, -0.05) is 30.3 Å². The molecule has 6 heteroatoms. The van der Waals surface area contributed by atoms with Crippen molar-refractivity contribution in [3.63, 3.8) is 0 Å². The van der Waals surface area contributed by atoms with Crippen LogP contribution in [0.5, 0.6) is 0 Å². The molecule has 1 atom stereocenters. The minimum absolute atomic E-state index is 0.00986. The van der Waals surface area contributed by atoms with Gasteiger partial charge in [0.05, 0.1) is 11.8 Å². The number of rotatable bonds is 5. The summed E-state index contributed by atoms with van der Waals surface area (Å²) in [7, 11) is 1.85. The topological polar surface area (TPSA) is 50.6 Å². The summed E-state index contributed by atoms with van der Waals surface area (Å²) in [6.07, 6.45) is 4.54. The van der Waals surface area contributed by atoms with E-state index in [0.717, 1.165) is 57.7 Å². The Kier molecular flexibility index (Phi) is 6.07. The van der Waals surface area contributed by atoms with Gasteiger partial charge in [0, 0.05) is 46.4 Å². The number of carbonyl (C=O) groups excluding carboxylic acids is 1. The Morgan fingerprint density at radius 1 is 1.21 bits per heavy atom. The number of aromatic nitrogens is 2. The maximum Gasteiger partial charge on any atom is 0.274 e. The molecule has 6 nitrogen and oxygen atoms in total. The molecule has 1 fully saturated rings. The van der Waals surface area contributed by atoms with Crippen molar-refractivity contribution < 1.29 is 9.53 Å². The van der Waals surface area contributed by atoms with Crippen LogP contribution in [0, 0.1) is 0 Å². The lowest BCUT2D eigenvalue weighted by Gasteiger charge is -2.27. The van der Waals surface area contributed by atoms with E-state index in [9.17, 15) is 4.79 Å². The van der Waals surface area contributed by atoms with Gasteiger partial charge in [-0.25, -0.2) is 0 Å². The lowest BCUT2D eigenvalue weighted by molar-refractivity contribution is -0.000305. The first kappa shape index (κ1) is 19.2. The van der Waals surface area contributed by atoms with Crippen molar-refractivity contribution in [3.05, 3.63) is 53.3 Å². The fraction of sp³-hybridized carbons (Fsp3) is 0.545. The van der Waals surface area contributed by atoms with Crippen molar-refractivity contribution in [1.82, 2.24) is 19.6 Å². The average Bonchev–Trinajstić information content (AvgIpc) is 3.02. The highest BCUT2D eigenvalue weighted by atomic mass is 16.5. The molecule has 0 N–H and O–H groups in total. The van der Waals surface area contributed by atoms with Gasteiger partial charge in [0.1, 0.15) is 0 Å². The third kappa shape index (κ3) is 4.62. The zero-order valence-electron chi connectivity index (χ0n) is 16.7. The molecule has 0 unspecified atom stereocenters. The van der Waals surface area contributed by atoms with Gasteiger partial charge in [-0.3, -0.25) is 14.4 Å². The highest BCUT2D eigenvalue weighted by Gasteiger charge is 2.24. The SMILES string of the molecule is CN(C[C@@H]1CCCCO1)C(=O)c1cc2n(n1)CCCN(Cc1ccccc1)C2. The maximum atomic E-state index is 12.9. The van der Waals surface area contributed by atoms with Crippen molar-refractivity contribution in [2.75, 3.05) is 26.7 Å². The van der Waals surface area contributed by atoms with Crippen LogP contribution in [0.25, 0.3) is 0 Å². The number of aryl methyl sites for hydroxylation is 1. The molecule has 2 aliphatic heterocycles. The fourth-order valence-corrected chi connectivity index (χ4v) is 4.14. The van der Waals surface area contributed by atoms with Crippen molar-refractivity contribution in [3.8, 4) is 0 Å². The number of hydrogen-bond acceptors (Lipinski definition) is 4. The summed E-state index contributed by atoms with van der Waals surface area (Å²) in [6.45, 7) is 5.10. The quantitative estimate of drug-likeness (QED) is 0.798. The average molecular weight is 383 g/mol. The molecule has 1 amide bonds. The molecule has 2 aliphatic rings. The van der Waals surface area contributed by atoms with Crippen LogP contribution in [0.1, 0.15) is 47.4 Å². The first-order valence-electron chi connectivity index (χ1n) is 10.4. The molecule has 3 heterocycles. The second-order valence-corrected chi connectivity index (χ2v) is 7.97. The van der Waals surface area contributed by atoms with Gasteiger partial charge in [0.2, 0.25) is 0 Å². The van der Waals surface area contributed by atoms with E-state index in [1.165, 1.54) is 12.0 Å². The van der Waals surface area contributed by atoms with Gasteiger partial charge < -0.3 is 9.64 Å². The van der Waals surface area contributed by atoms with Gasteiger partial charge in [-0.2, -0.15) is 5.10 Å². The molecular weight excluding hydrogens is 352 g/mol. The van der Waals surface area contributed by atoms with E-state index in [2.05, 4.69) is 34.3 Å². The van der Waals surface area contributed by atoms with Gasteiger partial charge in [0.15, 0.2) is 5.69 Å². The van der Waals surface area contributed by atoms with E-state index in [4.69, 9.17) is 4.74 Å². The van der Waals surface area contributed by atoms with Crippen LogP contribution in [-0.4, -0.2) is 58.3 Å². The molecule has 1 saturated heterocycles. The van der Waals surface area contributed by atoms with Crippen LogP contribution in [0.3, 0.4) is 0 Å². The summed E-state index contributed by atoms with van der Waals surface area (Å²) in [6, 6.07) is 12.5. The molecule has 2 aromatic rings. The molecule has 0 spiro atoms. The fourth-order valence-electron chi connectivity index (χ4n) is 4.14. The first-order chi connectivity index (χ1) is 13.7. The van der Waals surface area contributed by atoms with Crippen molar-refractivity contribution >= 4 is 5.91 Å². The monoisotopic (exact) mass is 382 g/mol. The molecule has 0 aliphatic carbocycles. The number of ether oxygens (including phenoxy) is 1. The molecule has 0 radical (unpaired) electrons. The standard InChI is InChI=1S/C22H30N4O2/c1-24(17-20-10-5-6-13-28-20)22(27)21-14-19-16-25(11-7-12-26(19)23-21)15-18-8-3-2-4-9-18/h2-4,8-9,14,20H,5-7,10-13,15-17H2,1H3/t20-/m0/s1. The molecule has 1 aromatic heterocycles. The number of benzene rings is 1. The number of likely N-dealkylation sites (N-methyl/N-ethyl adjacent to an activating group) is 1. The Bertz CT molecular complexity index is 783. The molecule has 150 valence electrons. The number of carbonyl (C=O) groups is 1.